The summed E-state index contributed by atoms with van der Waals surface area (Å²) in [5.41, 5.74) is 18.9. The summed E-state index contributed by atoms with van der Waals surface area (Å²) in [6.45, 7) is 11.0. The van der Waals surface area contributed by atoms with Gasteiger partial charge in [-0.25, -0.2) is 0 Å². The standard InChI is InChI=1S/C53H39NS/c1-5-6-16-36-33(2)52(3,4)47-32-35(27-29-39(36)47)54(34-28-30-50-42(31-34)40-19-10-14-26-49(40)55-50)48-25-15-24-46-51(48)41-20-9-13-23-45(41)53(46)43-21-11-7-17-37(43)38-18-8-12-22-44(38)53/h5-32H,1H2,2-4H3/b16-6-. The van der Waals surface area contributed by atoms with Gasteiger partial charge in [0.15, 0.2) is 0 Å². The summed E-state index contributed by atoms with van der Waals surface area (Å²) in [7, 11) is 0. The van der Waals surface area contributed by atoms with E-state index in [2.05, 4.69) is 196 Å². The summed E-state index contributed by atoms with van der Waals surface area (Å²) < 4.78 is 2.62. The zero-order valence-electron chi connectivity index (χ0n) is 31.2. The Morgan fingerprint density at radius 2 is 1.15 bits per heavy atom. The van der Waals surface area contributed by atoms with Gasteiger partial charge in [0.25, 0.3) is 0 Å². The van der Waals surface area contributed by atoms with Crippen molar-refractivity contribution in [1.82, 2.24) is 0 Å². The molecule has 0 atom stereocenters. The minimum atomic E-state index is -0.415. The number of hydrogen-bond acceptors (Lipinski definition) is 2. The number of anilines is 3. The van der Waals surface area contributed by atoms with Crippen LogP contribution in [0.5, 0.6) is 0 Å². The second-order valence-corrected chi connectivity index (χ2v) is 16.8. The van der Waals surface area contributed by atoms with Gasteiger partial charge in [-0.15, -0.1) is 11.3 Å². The van der Waals surface area contributed by atoms with Crippen molar-refractivity contribution < 1.29 is 0 Å². The van der Waals surface area contributed by atoms with Crippen LogP contribution in [-0.2, 0) is 10.8 Å². The van der Waals surface area contributed by atoms with Gasteiger partial charge in [0.2, 0.25) is 0 Å². The van der Waals surface area contributed by atoms with Crippen molar-refractivity contribution in [2.45, 2.75) is 31.6 Å². The number of allylic oxidation sites excluding steroid dienone is 5. The molecular weight excluding hydrogens is 683 g/mol. The molecule has 0 saturated heterocycles. The molecule has 0 amide bonds. The largest absolute Gasteiger partial charge is 0.310 e. The zero-order valence-corrected chi connectivity index (χ0v) is 32.0. The average molecular weight is 722 g/mol. The van der Waals surface area contributed by atoms with Crippen molar-refractivity contribution >= 4 is 54.1 Å². The maximum absolute atomic E-state index is 3.96. The lowest BCUT2D eigenvalue weighted by atomic mass is 9.70. The van der Waals surface area contributed by atoms with E-state index in [0.29, 0.717) is 0 Å². The fraction of sp³-hybridized carbons (Fsp3) is 0.0943. The monoisotopic (exact) mass is 721 g/mol. The third-order valence-corrected chi connectivity index (χ3v) is 14.0. The van der Waals surface area contributed by atoms with Crippen molar-refractivity contribution in [3.63, 3.8) is 0 Å². The Kier molecular flexibility index (Phi) is 6.82. The maximum atomic E-state index is 3.96. The third-order valence-electron chi connectivity index (χ3n) is 12.8. The molecule has 0 bridgehead atoms. The van der Waals surface area contributed by atoms with E-state index < -0.39 is 5.41 Å². The van der Waals surface area contributed by atoms with Crippen molar-refractivity contribution in [1.29, 1.82) is 0 Å². The highest BCUT2D eigenvalue weighted by Crippen LogP contribution is 2.65. The van der Waals surface area contributed by atoms with Crippen LogP contribution in [0.2, 0.25) is 0 Å². The Hall–Kier alpha value is -6.22. The van der Waals surface area contributed by atoms with Crippen LogP contribution in [0.3, 0.4) is 0 Å². The first-order valence-corrected chi connectivity index (χ1v) is 20.0. The van der Waals surface area contributed by atoms with Crippen LogP contribution in [0, 0.1) is 0 Å². The van der Waals surface area contributed by atoms with Crippen LogP contribution < -0.4 is 4.90 Å². The molecule has 55 heavy (non-hydrogen) atoms. The molecule has 1 aromatic heterocycles. The van der Waals surface area contributed by atoms with Gasteiger partial charge in [0.1, 0.15) is 0 Å². The summed E-state index contributed by atoms with van der Waals surface area (Å²) >= 11 is 1.87. The molecule has 0 unspecified atom stereocenters. The number of benzene rings is 7. The van der Waals surface area contributed by atoms with Crippen LogP contribution >= 0.6 is 11.3 Å². The van der Waals surface area contributed by atoms with Gasteiger partial charge in [-0.3, -0.25) is 0 Å². The Labute approximate surface area is 326 Å². The lowest BCUT2D eigenvalue weighted by Gasteiger charge is -2.32. The van der Waals surface area contributed by atoms with Crippen LogP contribution in [-0.4, -0.2) is 0 Å². The minimum absolute atomic E-state index is 0.127. The molecule has 0 fully saturated rings. The maximum Gasteiger partial charge on any atom is 0.0726 e. The van der Waals surface area contributed by atoms with E-state index in [1.165, 1.54) is 92.6 Å². The minimum Gasteiger partial charge on any atom is -0.310 e. The predicted octanol–water partition coefficient (Wildman–Crippen LogP) is 14.7. The third kappa shape index (κ3) is 4.23. The van der Waals surface area contributed by atoms with Crippen LogP contribution in [0.1, 0.15) is 54.2 Å². The fourth-order valence-corrected chi connectivity index (χ4v) is 11.2. The summed E-state index contributed by atoms with van der Waals surface area (Å²) in [4.78, 5) is 2.54. The first-order valence-electron chi connectivity index (χ1n) is 19.2. The Bertz CT molecular complexity index is 2960. The normalized spacial score (nSPS) is 15.4. The highest BCUT2D eigenvalue weighted by molar-refractivity contribution is 7.25. The number of rotatable bonds is 5. The van der Waals surface area contributed by atoms with Gasteiger partial charge in [0.05, 0.1) is 11.1 Å². The van der Waals surface area contributed by atoms with E-state index in [0.717, 1.165) is 11.4 Å². The molecule has 1 spiro atoms. The van der Waals surface area contributed by atoms with Gasteiger partial charge >= 0.3 is 0 Å². The van der Waals surface area contributed by atoms with E-state index in [-0.39, 0.29) is 5.41 Å². The smallest absolute Gasteiger partial charge is 0.0726 e. The molecule has 0 saturated carbocycles. The lowest BCUT2D eigenvalue weighted by molar-refractivity contribution is 0.639. The summed E-state index contributed by atoms with van der Waals surface area (Å²) in [5, 5.41) is 2.60. The Balaban J connectivity index is 1.22. The van der Waals surface area contributed by atoms with E-state index in [1.54, 1.807) is 0 Å². The molecule has 0 aliphatic heterocycles. The topological polar surface area (TPSA) is 3.24 Å². The summed E-state index contributed by atoms with van der Waals surface area (Å²) in [6.07, 6.45) is 6.15. The van der Waals surface area contributed by atoms with Crippen LogP contribution in [0.15, 0.2) is 182 Å². The van der Waals surface area contributed by atoms with E-state index in [1.807, 2.05) is 17.4 Å². The number of hydrogen-bond donors (Lipinski definition) is 0. The molecule has 3 aliphatic carbocycles. The molecule has 1 nitrogen and oxygen atoms in total. The van der Waals surface area contributed by atoms with E-state index >= 15 is 0 Å². The Morgan fingerprint density at radius 1 is 0.545 bits per heavy atom. The molecule has 1 heterocycles. The zero-order chi connectivity index (χ0) is 37.1. The molecule has 262 valence electrons. The van der Waals surface area contributed by atoms with Gasteiger partial charge < -0.3 is 4.90 Å². The molecular formula is C53H39NS. The fourth-order valence-electron chi connectivity index (χ4n) is 10.1. The highest BCUT2D eigenvalue weighted by atomic mass is 32.1. The molecule has 8 aromatic rings. The molecule has 3 aliphatic rings. The number of thiophene rings is 1. The molecule has 7 aromatic carbocycles. The summed E-state index contributed by atoms with van der Waals surface area (Å²) in [5.74, 6) is 0. The van der Waals surface area contributed by atoms with E-state index in [4.69, 9.17) is 0 Å². The molecule has 2 heteroatoms. The van der Waals surface area contributed by atoms with Crippen molar-refractivity contribution in [3.8, 4) is 22.3 Å². The van der Waals surface area contributed by atoms with Crippen molar-refractivity contribution in [2.75, 3.05) is 4.90 Å². The second-order valence-electron chi connectivity index (χ2n) is 15.7. The first-order chi connectivity index (χ1) is 26.9. The van der Waals surface area contributed by atoms with Gasteiger partial charge in [0, 0.05) is 42.5 Å². The quantitative estimate of drug-likeness (QED) is 0.160. The van der Waals surface area contributed by atoms with Gasteiger partial charge in [-0.2, -0.15) is 0 Å². The highest BCUT2D eigenvalue weighted by Gasteiger charge is 2.52. The molecule has 0 N–H and O–H groups in total. The van der Waals surface area contributed by atoms with E-state index in [9.17, 15) is 0 Å². The van der Waals surface area contributed by atoms with Gasteiger partial charge in [-0.05, 0) is 105 Å². The van der Waals surface area contributed by atoms with Gasteiger partial charge in [-0.1, -0.05) is 153 Å². The van der Waals surface area contributed by atoms with Crippen LogP contribution in [0.4, 0.5) is 17.1 Å². The SMILES string of the molecule is C=C/C=C\C1=C(C)C(C)(C)c2cc(N(c3ccc4sc5ccccc5c4c3)c3cccc4c3-c3ccccc3C43c4ccccc4-c4ccccc43)ccc21. The Morgan fingerprint density at radius 3 is 1.89 bits per heavy atom. The molecule has 0 radical (unpaired) electrons. The van der Waals surface area contributed by atoms with Crippen LogP contribution in [0.25, 0.3) is 48.0 Å². The summed E-state index contributed by atoms with van der Waals surface area (Å²) in [6, 6.07) is 57.3. The van der Waals surface area contributed by atoms with Crippen molar-refractivity contribution in [2.24, 2.45) is 0 Å². The number of nitrogens with zero attached hydrogens (tertiary/aromatic N) is 1. The predicted molar refractivity (Wildman–Crippen MR) is 235 cm³/mol. The first kappa shape index (κ1) is 32.2. The van der Waals surface area contributed by atoms with Crippen molar-refractivity contribution in [3.05, 3.63) is 215 Å². The molecule has 11 rings (SSSR count). The average Bonchev–Trinajstić information content (AvgIpc) is 3.90. The lowest BCUT2D eigenvalue weighted by Crippen LogP contribution is -2.26. The second kappa shape index (κ2) is 11.6. The number of fused-ring (bicyclic) bond motifs is 14.